The van der Waals surface area contributed by atoms with Gasteiger partial charge in [-0.3, -0.25) is 0 Å². The molecular weight excluding hydrogens is 262 g/mol. The Morgan fingerprint density at radius 1 is 1.15 bits per heavy atom. The maximum Gasteiger partial charge on any atom is 0.271 e. The van der Waals surface area contributed by atoms with Crippen LogP contribution < -0.4 is 10.1 Å². The molecule has 20 heavy (non-hydrogen) atoms. The van der Waals surface area contributed by atoms with E-state index in [-0.39, 0.29) is 5.75 Å². The van der Waals surface area contributed by atoms with E-state index in [2.05, 4.69) is 5.32 Å². The molecule has 0 saturated carbocycles. The highest BCUT2D eigenvalue weighted by molar-refractivity contribution is 5.58. The predicted molar refractivity (Wildman–Crippen MR) is 76.1 cm³/mol. The zero-order valence-electron chi connectivity index (χ0n) is 12.2. The fourth-order valence-corrected chi connectivity index (χ4v) is 1.54. The summed E-state index contributed by atoms with van der Waals surface area (Å²) >= 11 is 0. The Kier molecular flexibility index (Phi) is 7.79. The van der Waals surface area contributed by atoms with Crippen LogP contribution in [0.25, 0.3) is 0 Å². The molecule has 0 unspecified atom stereocenters. The van der Waals surface area contributed by atoms with Gasteiger partial charge in [0, 0.05) is 25.8 Å². The molecule has 0 fully saturated rings. The Morgan fingerprint density at radius 2 is 1.85 bits per heavy atom. The van der Waals surface area contributed by atoms with Crippen LogP contribution in [0.3, 0.4) is 0 Å². The number of hydrogen-bond acceptors (Lipinski definition) is 6. The molecule has 114 valence electrons. The number of hydrogen-bond donors (Lipinski definition) is 2. The van der Waals surface area contributed by atoms with Crippen molar-refractivity contribution in [3.8, 4) is 11.5 Å². The molecule has 0 spiro atoms. The van der Waals surface area contributed by atoms with Crippen LogP contribution in [-0.4, -0.2) is 45.1 Å². The van der Waals surface area contributed by atoms with Crippen LogP contribution in [0.5, 0.6) is 11.5 Å². The quantitative estimate of drug-likeness (QED) is 0.390. The van der Waals surface area contributed by atoms with Crippen molar-refractivity contribution in [3.05, 3.63) is 18.2 Å². The number of anilines is 1. The molecule has 0 bridgehead atoms. The molecule has 0 aliphatic heterocycles. The lowest BCUT2D eigenvalue weighted by Crippen LogP contribution is -2.24. The summed E-state index contributed by atoms with van der Waals surface area (Å²) in [5, 5.41) is 12.8. The summed E-state index contributed by atoms with van der Waals surface area (Å²) in [5.41, 5.74) is 0.595. The van der Waals surface area contributed by atoms with Gasteiger partial charge < -0.3 is 29.4 Å². The molecule has 0 heterocycles. The summed E-state index contributed by atoms with van der Waals surface area (Å²) in [6, 6.07) is 4.99. The van der Waals surface area contributed by atoms with E-state index in [1.807, 2.05) is 13.8 Å². The van der Waals surface area contributed by atoms with Crippen molar-refractivity contribution in [1.82, 2.24) is 0 Å². The molecule has 1 rings (SSSR count). The van der Waals surface area contributed by atoms with Crippen LogP contribution in [0, 0.1) is 0 Å². The summed E-state index contributed by atoms with van der Waals surface area (Å²) in [4.78, 5) is 0. The van der Waals surface area contributed by atoms with Gasteiger partial charge in [0.15, 0.2) is 0 Å². The van der Waals surface area contributed by atoms with Crippen molar-refractivity contribution in [2.45, 2.75) is 20.3 Å². The molecule has 0 atom stereocenters. The first-order valence-corrected chi connectivity index (χ1v) is 6.66. The van der Waals surface area contributed by atoms with Gasteiger partial charge in [-0.25, -0.2) is 0 Å². The first-order chi connectivity index (χ1) is 9.71. The average Bonchev–Trinajstić information content (AvgIpc) is 2.45. The molecular formula is C14H23NO5. The third kappa shape index (κ3) is 5.64. The largest absolute Gasteiger partial charge is 0.506 e. The van der Waals surface area contributed by atoms with E-state index in [1.165, 1.54) is 0 Å². The van der Waals surface area contributed by atoms with Crippen molar-refractivity contribution in [3.63, 3.8) is 0 Å². The number of phenolic OH excluding ortho intramolecular Hbond substituents is 1. The number of phenols is 1. The van der Waals surface area contributed by atoms with Gasteiger partial charge in [0.25, 0.3) is 6.48 Å². The average molecular weight is 285 g/mol. The summed E-state index contributed by atoms with van der Waals surface area (Å²) < 4.78 is 21.0. The standard InChI is InChI=1S/C14H23NO5/c1-4-18-14(19-5-2)20-9-8-15-12-10-11(17-3)6-7-13(12)16/h6-7,10,14-16H,4-5,8-9H2,1-3H3. The highest BCUT2D eigenvalue weighted by Crippen LogP contribution is 2.27. The van der Waals surface area contributed by atoms with Crippen molar-refractivity contribution in [1.29, 1.82) is 0 Å². The molecule has 0 amide bonds. The van der Waals surface area contributed by atoms with Gasteiger partial charge in [-0.1, -0.05) is 0 Å². The van der Waals surface area contributed by atoms with Crippen LogP contribution >= 0.6 is 0 Å². The molecule has 6 heteroatoms. The van der Waals surface area contributed by atoms with Gasteiger partial charge in [0.2, 0.25) is 0 Å². The molecule has 6 nitrogen and oxygen atoms in total. The lowest BCUT2D eigenvalue weighted by molar-refractivity contribution is -0.283. The Hall–Kier alpha value is -1.50. The van der Waals surface area contributed by atoms with E-state index >= 15 is 0 Å². The normalized spacial score (nSPS) is 10.8. The summed E-state index contributed by atoms with van der Waals surface area (Å²) in [6.07, 6.45) is 0. The van der Waals surface area contributed by atoms with Gasteiger partial charge >= 0.3 is 0 Å². The minimum Gasteiger partial charge on any atom is -0.506 e. The zero-order valence-corrected chi connectivity index (χ0v) is 12.2. The molecule has 0 aromatic heterocycles. The topological polar surface area (TPSA) is 69.2 Å². The summed E-state index contributed by atoms with van der Waals surface area (Å²) in [6.45, 7) is 5.05. The number of methoxy groups -OCH3 is 1. The van der Waals surface area contributed by atoms with Gasteiger partial charge in [0.1, 0.15) is 11.5 Å². The van der Waals surface area contributed by atoms with Crippen LogP contribution in [0.2, 0.25) is 0 Å². The second-order valence-electron chi connectivity index (χ2n) is 3.88. The second-order valence-corrected chi connectivity index (χ2v) is 3.88. The molecule has 2 N–H and O–H groups in total. The minimum atomic E-state index is -0.647. The SMILES string of the molecule is CCOC(OCC)OCCNc1cc(OC)ccc1O. The Bertz CT molecular complexity index is 380. The van der Waals surface area contributed by atoms with E-state index in [0.29, 0.717) is 37.8 Å². The summed E-state index contributed by atoms with van der Waals surface area (Å²) in [5.74, 6) is 0.838. The van der Waals surface area contributed by atoms with E-state index in [4.69, 9.17) is 18.9 Å². The van der Waals surface area contributed by atoms with Crippen LogP contribution in [0.1, 0.15) is 13.8 Å². The van der Waals surface area contributed by atoms with Gasteiger partial charge in [-0.05, 0) is 26.0 Å². The van der Waals surface area contributed by atoms with Crippen molar-refractivity contribution in [2.24, 2.45) is 0 Å². The lowest BCUT2D eigenvalue weighted by Gasteiger charge is -2.17. The van der Waals surface area contributed by atoms with Crippen LogP contribution in [0.4, 0.5) is 5.69 Å². The summed E-state index contributed by atoms with van der Waals surface area (Å²) in [7, 11) is 1.58. The van der Waals surface area contributed by atoms with E-state index in [0.717, 1.165) is 0 Å². The first-order valence-electron chi connectivity index (χ1n) is 6.66. The third-order valence-electron chi connectivity index (χ3n) is 2.48. The number of aromatic hydroxyl groups is 1. The maximum absolute atomic E-state index is 9.70. The van der Waals surface area contributed by atoms with Gasteiger partial charge in [0.05, 0.1) is 19.4 Å². The predicted octanol–water partition coefficient (Wildman–Crippen LogP) is 2.19. The fourth-order valence-electron chi connectivity index (χ4n) is 1.54. The van der Waals surface area contributed by atoms with E-state index in [1.54, 1.807) is 25.3 Å². The molecule has 1 aromatic carbocycles. The molecule has 0 aliphatic carbocycles. The number of rotatable bonds is 10. The number of benzene rings is 1. The monoisotopic (exact) mass is 285 g/mol. The molecule has 0 saturated heterocycles. The van der Waals surface area contributed by atoms with Crippen LogP contribution in [-0.2, 0) is 14.2 Å². The first kappa shape index (κ1) is 16.6. The molecule has 0 aliphatic rings. The zero-order chi connectivity index (χ0) is 14.8. The van der Waals surface area contributed by atoms with E-state index < -0.39 is 6.48 Å². The van der Waals surface area contributed by atoms with Gasteiger partial charge in [-0.2, -0.15) is 0 Å². The van der Waals surface area contributed by atoms with Crippen molar-refractivity contribution >= 4 is 5.69 Å². The minimum absolute atomic E-state index is 0.164. The smallest absolute Gasteiger partial charge is 0.271 e. The third-order valence-corrected chi connectivity index (χ3v) is 2.48. The maximum atomic E-state index is 9.70. The van der Waals surface area contributed by atoms with E-state index in [9.17, 15) is 5.11 Å². The molecule has 0 radical (unpaired) electrons. The van der Waals surface area contributed by atoms with Gasteiger partial charge in [-0.15, -0.1) is 0 Å². The highest BCUT2D eigenvalue weighted by Gasteiger charge is 2.08. The number of ether oxygens (including phenoxy) is 4. The van der Waals surface area contributed by atoms with Crippen LogP contribution in [0.15, 0.2) is 18.2 Å². The fraction of sp³-hybridized carbons (Fsp3) is 0.571. The Balaban J connectivity index is 2.36. The van der Waals surface area contributed by atoms with Crippen molar-refractivity contribution in [2.75, 3.05) is 38.8 Å². The highest BCUT2D eigenvalue weighted by atomic mass is 16.8. The van der Waals surface area contributed by atoms with Crippen molar-refractivity contribution < 1.29 is 24.1 Å². The Labute approximate surface area is 119 Å². The Morgan fingerprint density at radius 3 is 2.45 bits per heavy atom. The molecule has 1 aromatic rings. The lowest BCUT2D eigenvalue weighted by atomic mass is 10.2. The number of nitrogens with one attached hydrogen (secondary N) is 1. The second kappa shape index (κ2) is 9.41.